The van der Waals surface area contributed by atoms with Gasteiger partial charge < -0.3 is 5.11 Å². The minimum atomic E-state index is -0.799. The normalized spacial score (nSPS) is 22.1. The summed E-state index contributed by atoms with van der Waals surface area (Å²) in [5.74, 6) is -1.25. The highest BCUT2D eigenvalue weighted by atomic mass is 35.5. The van der Waals surface area contributed by atoms with Crippen molar-refractivity contribution >= 4 is 17.6 Å². The highest BCUT2D eigenvalue weighted by molar-refractivity contribution is 6.30. The van der Waals surface area contributed by atoms with Gasteiger partial charge in [-0.05, 0) is 44.0 Å². The maximum Gasteiger partial charge on any atom is 0.320 e. The number of likely N-dealkylation sites (tertiary alicyclic amines) is 1. The molecular formula is C13H15ClFNO2. The van der Waals surface area contributed by atoms with Crippen molar-refractivity contribution in [2.24, 2.45) is 0 Å². The number of halogens is 2. The Morgan fingerprint density at radius 2 is 2.33 bits per heavy atom. The van der Waals surface area contributed by atoms with E-state index in [1.165, 1.54) is 6.07 Å². The molecule has 1 aromatic rings. The van der Waals surface area contributed by atoms with E-state index in [9.17, 15) is 9.18 Å². The van der Waals surface area contributed by atoms with Crippen molar-refractivity contribution in [3.63, 3.8) is 0 Å². The topological polar surface area (TPSA) is 40.5 Å². The first-order chi connectivity index (χ1) is 8.50. The molecule has 1 aliphatic heterocycles. The second kappa shape index (κ2) is 5.24. The number of hydrogen-bond donors (Lipinski definition) is 1. The van der Waals surface area contributed by atoms with Crippen LogP contribution in [-0.2, 0) is 4.79 Å². The van der Waals surface area contributed by atoms with Crippen LogP contribution in [0.15, 0.2) is 18.2 Å². The smallest absolute Gasteiger partial charge is 0.320 e. The quantitative estimate of drug-likeness (QED) is 0.918. The maximum atomic E-state index is 13.1. The molecule has 0 bridgehead atoms. The molecule has 3 nitrogen and oxygen atoms in total. The molecule has 0 saturated carbocycles. The van der Waals surface area contributed by atoms with Crippen LogP contribution in [0.1, 0.15) is 31.4 Å². The maximum absolute atomic E-state index is 13.1. The van der Waals surface area contributed by atoms with Gasteiger partial charge in [0, 0.05) is 6.04 Å². The van der Waals surface area contributed by atoms with Crippen LogP contribution in [0.4, 0.5) is 4.39 Å². The number of aliphatic carboxylic acids is 1. The fourth-order valence-electron chi connectivity index (χ4n) is 2.48. The summed E-state index contributed by atoms with van der Waals surface area (Å²) in [6.45, 7) is 2.66. The first-order valence-electron chi connectivity index (χ1n) is 5.94. The molecule has 1 N–H and O–H groups in total. The summed E-state index contributed by atoms with van der Waals surface area (Å²) in [4.78, 5) is 13.1. The summed E-state index contributed by atoms with van der Waals surface area (Å²) < 4.78 is 13.1. The van der Waals surface area contributed by atoms with Crippen molar-refractivity contribution in [3.8, 4) is 0 Å². The number of carboxylic acid groups (broad SMARTS) is 1. The Labute approximate surface area is 110 Å². The third-order valence-corrected chi connectivity index (χ3v) is 3.79. The molecule has 5 heteroatoms. The second-order valence-electron chi connectivity index (χ2n) is 4.58. The van der Waals surface area contributed by atoms with Crippen LogP contribution in [0, 0.1) is 5.82 Å². The summed E-state index contributed by atoms with van der Waals surface area (Å²) in [5.41, 5.74) is 0.842. The molecule has 0 aromatic heterocycles. The van der Waals surface area contributed by atoms with E-state index in [1.807, 2.05) is 11.8 Å². The van der Waals surface area contributed by atoms with Gasteiger partial charge in [-0.1, -0.05) is 17.7 Å². The highest BCUT2D eigenvalue weighted by Gasteiger charge is 2.34. The summed E-state index contributed by atoms with van der Waals surface area (Å²) in [7, 11) is 0. The van der Waals surface area contributed by atoms with Gasteiger partial charge in [0.2, 0.25) is 0 Å². The van der Waals surface area contributed by atoms with Crippen molar-refractivity contribution < 1.29 is 14.3 Å². The molecule has 0 amide bonds. The standard InChI is InChI=1S/C13H15ClFNO2/c1-8(9-4-5-11(15)10(14)7-9)16-6-2-3-12(16)13(17)18/h4-5,7-8,12H,2-3,6H2,1H3,(H,17,18). The lowest BCUT2D eigenvalue weighted by atomic mass is 10.1. The van der Waals surface area contributed by atoms with E-state index >= 15 is 0 Å². The second-order valence-corrected chi connectivity index (χ2v) is 4.99. The third-order valence-electron chi connectivity index (χ3n) is 3.50. The lowest BCUT2D eigenvalue weighted by Crippen LogP contribution is -2.37. The van der Waals surface area contributed by atoms with Gasteiger partial charge >= 0.3 is 5.97 Å². The number of rotatable bonds is 3. The Hall–Kier alpha value is -1.13. The van der Waals surface area contributed by atoms with E-state index in [0.29, 0.717) is 6.42 Å². The van der Waals surface area contributed by atoms with Crippen LogP contribution in [0.5, 0.6) is 0 Å². The van der Waals surface area contributed by atoms with Crippen LogP contribution >= 0.6 is 11.6 Å². The predicted molar refractivity (Wildman–Crippen MR) is 67.2 cm³/mol. The molecule has 0 aliphatic carbocycles. The van der Waals surface area contributed by atoms with E-state index in [1.54, 1.807) is 12.1 Å². The molecule has 2 rings (SSSR count). The van der Waals surface area contributed by atoms with Crippen LogP contribution < -0.4 is 0 Å². The first-order valence-corrected chi connectivity index (χ1v) is 6.32. The number of benzene rings is 1. The van der Waals surface area contributed by atoms with Gasteiger partial charge in [-0.25, -0.2) is 4.39 Å². The van der Waals surface area contributed by atoms with Gasteiger partial charge in [0.25, 0.3) is 0 Å². The Bertz CT molecular complexity index is 466. The number of carbonyl (C=O) groups is 1. The summed E-state index contributed by atoms with van der Waals surface area (Å²) in [6, 6.07) is 4.01. The number of nitrogens with zero attached hydrogens (tertiary/aromatic N) is 1. The third kappa shape index (κ3) is 2.49. The van der Waals surface area contributed by atoms with Crippen LogP contribution in [-0.4, -0.2) is 28.6 Å². The van der Waals surface area contributed by atoms with Gasteiger partial charge in [-0.2, -0.15) is 0 Å². The zero-order chi connectivity index (χ0) is 13.3. The van der Waals surface area contributed by atoms with Crippen LogP contribution in [0.2, 0.25) is 5.02 Å². The van der Waals surface area contributed by atoms with Gasteiger partial charge in [-0.15, -0.1) is 0 Å². The van der Waals surface area contributed by atoms with E-state index in [4.69, 9.17) is 16.7 Å². The van der Waals surface area contributed by atoms with Crippen molar-refractivity contribution in [1.29, 1.82) is 0 Å². The largest absolute Gasteiger partial charge is 0.480 e. The molecule has 1 saturated heterocycles. The molecule has 0 spiro atoms. The van der Waals surface area contributed by atoms with Gasteiger partial charge in [-0.3, -0.25) is 9.69 Å². The highest BCUT2D eigenvalue weighted by Crippen LogP contribution is 2.30. The zero-order valence-corrected chi connectivity index (χ0v) is 10.8. The average Bonchev–Trinajstić information content (AvgIpc) is 2.81. The molecular weight excluding hydrogens is 257 g/mol. The zero-order valence-electron chi connectivity index (χ0n) is 10.1. The Morgan fingerprint density at radius 3 is 2.94 bits per heavy atom. The van der Waals surface area contributed by atoms with Crippen molar-refractivity contribution in [3.05, 3.63) is 34.6 Å². The van der Waals surface area contributed by atoms with Crippen molar-refractivity contribution in [2.75, 3.05) is 6.54 Å². The Morgan fingerprint density at radius 1 is 1.61 bits per heavy atom. The number of carboxylic acids is 1. The summed E-state index contributed by atoms with van der Waals surface area (Å²) >= 11 is 5.75. The molecule has 1 aromatic carbocycles. The van der Waals surface area contributed by atoms with E-state index in [2.05, 4.69) is 0 Å². The lowest BCUT2D eigenvalue weighted by molar-refractivity contribution is -0.142. The minimum absolute atomic E-state index is 0.0745. The molecule has 1 fully saturated rings. The average molecular weight is 272 g/mol. The SMILES string of the molecule is CC(c1ccc(F)c(Cl)c1)N1CCCC1C(=O)O. The Kier molecular flexibility index (Phi) is 3.88. The van der Waals surface area contributed by atoms with Crippen molar-refractivity contribution in [1.82, 2.24) is 4.90 Å². The van der Waals surface area contributed by atoms with Gasteiger partial charge in [0.05, 0.1) is 5.02 Å². The first kappa shape index (κ1) is 13.3. The fraction of sp³-hybridized carbons (Fsp3) is 0.462. The van der Waals surface area contributed by atoms with Gasteiger partial charge in [0.1, 0.15) is 11.9 Å². The van der Waals surface area contributed by atoms with E-state index < -0.39 is 17.8 Å². The summed E-state index contributed by atoms with van der Waals surface area (Å²) in [6.07, 6.45) is 1.53. The molecule has 98 valence electrons. The molecule has 1 aliphatic rings. The van der Waals surface area contributed by atoms with Crippen LogP contribution in [0.25, 0.3) is 0 Å². The molecule has 2 atom stereocenters. The number of hydrogen-bond acceptors (Lipinski definition) is 2. The van der Waals surface area contributed by atoms with Crippen molar-refractivity contribution in [2.45, 2.75) is 31.8 Å². The van der Waals surface area contributed by atoms with Crippen LogP contribution in [0.3, 0.4) is 0 Å². The van der Waals surface area contributed by atoms with Gasteiger partial charge in [0.15, 0.2) is 0 Å². The van der Waals surface area contributed by atoms with E-state index in [-0.39, 0.29) is 11.1 Å². The predicted octanol–water partition coefficient (Wildman–Crippen LogP) is 3.09. The summed E-state index contributed by atoms with van der Waals surface area (Å²) in [5, 5.41) is 9.22. The monoisotopic (exact) mass is 271 g/mol. The molecule has 1 heterocycles. The Balaban J connectivity index is 2.22. The van der Waals surface area contributed by atoms with E-state index in [0.717, 1.165) is 18.5 Å². The molecule has 2 unspecified atom stereocenters. The molecule has 18 heavy (non-hydrogen) atoms. The minimum Gasteiger partial charge on any atom is -0.480 e. The molecule has 0 radical (unpaired) electrons. The lowest BCUT2D eigenvalue weighted by Gasteiger charge is -2.28. The fourth-order valence-corrected chi connectivity index (χ4v) is 2.67.